The van der Waals surface area contributed by atoms with Gasteiger partial charge in [-0.2, -0.15) is 0 Å². The molecule has 0 spiro atoms. The predicted octanol–water partition coefficient (Wildman–Crippen LogP) is 3.18. The van der Waals surface area contributed by atoms with Crippen LogP contribution in [0.15, 0.2) is 30.3 Å². The second kappa shape index (κ2) is 5.76. The number of rotatable bonds is 3. The summed E-state index contributed by atoms with van der Waals surface area (Å²) in [6.45, 7) is 2.97. The van der Waals surface area contributed by atoms with Crippen molar-refractivity contribution < 1.29 is 14.3 Å². The van der Waals surface area contributed by atoms with Crippen molar-refractivity contribution in [2.24, 2.45) is 0 Å². The fourth-order valence-electron chi connectivity index (χ4n) is 2.96. The van der Waals surface area contributed by atoms with Crippen LogP contribution in [0.25, 0.3) is 11.1 Å². The standard InChI is InChI=1S/C18H18N2O3/c1-10(21)19-14-4-5-15-12(7-14)6-13-8-18(23-3)17(9-16(13)15)20-11(2)22/h4-5,7-9H,6H2,1-3H3,(H,19,21)(H,20,22). The van der Waals surface area contributed by atoms with Gasteiger partial charge in [-0.25, -0.2) is 0 Å². The van der Waals surface area contributed by atoms with E-state index in [1.54, 1.807) is 7.11 Å². The second-order valence-corrected chi connectivity index (χ2v) is 5.62. The molecule has 0 saturated carbocycles. The summed E-state index contributed by atoms with van der Waals surface area (Å²) in [5.41, 5.74) is 5.94. The Morgan fingerprint density at radius 1 is 0.957 bits per heavy atom. The molecular weight excluding hydrogens is 292 g/mol. The van der Waals surface area contributed by atoms with Gasteiger partial charge < -0.3 is 15.4 Å². The number of hydrogen-bond acceptors (Lipinski definition) is 3. The van der Waals surface area contributed by atoms with E-state index >= 15 is 0 Å². The van der Waals surface area contributed by atoms with Crippen LogP contribution in [0, 0.1) is 0 Å². The Morgan fingerprint density at radius 3 is 2.30 bits per heavy atom. The highest BCUT2D eigenvalue weighted by atomic mass is 16.5. The SMILES string of the molecule is COc1cc2c(cc1NC(C)=O)-c1ccc(NC(C)=O)cc1C2. The first kappa shape index (κ1) is 15.1. The molecule has 0 fully saturated rings. The Labute approximate surface area is 134 Å². The minimum Gasteiger partial charge on any atom is -0.495 e. The van der Waals surface area contributed by atoms with Crippen molar-refractivity contribution in [2.75, 3.05) is 17.7 Å². The zero-order chi connectivity index (χ0) is 16.6. The fraction of sp³-hybridized carbons (Fsp3) is 0.222. The first-order chi connectivity index (χ1) is 11.0. The van der Waals surface area contributed by atoms with E-state index in [1.165, 1.54) is 13.8 Å². The van der Waals surface area contributed by atoms with Gasteiger partial charge in [-0.05, 0) is 52.9 Å². The summed E-state index contributed by atoms with van der Waals surface area (Å²) >= 11 is 0. The second-order valence-electron chi connectivity index (χ2n) is 5.62. The molecule has 3 rings (SSSR count). The van der Waals surface area contributed by atoms with Gasteiger partial charge in [-0.3, -0.25) is 9.59 Å². The predicted molar refractivity (Wildman–Crippen MR) is 89.8 cm³/mol. The third-order valence-electron chi connectivity index (χ3n) is 3.83. The van der Waals surface area contributed by atoms with Gasteiger partial charge in [0.2, 0.25) is 11.8 Å². The fourth-order valence-corrected chi connectivity index (χ4v) is 2.96. The third-order valence-corrected chi connectivity index (χ3v) is 3.83. The first-order valence-corrected chi connectivity index (χ1v) is 7.37. The van der Waals surface area contributed by atoms with E-state index in [-0.39, 0.29) is 11.8 Å². The average molecular weight is 310 g/mol. The number of nitrogens with one attached hydrogen (secondary N) is 2. The largest absolute Gasteiger partial charge is 0.495 e. The van der Waals surface area contributed by atoms with Gasteiger partial charge in [0.15, 0.2) is 0 Å². The Morgan fingerprint density at radius 2 is 1.65 bits per heavy atom. The molecule has 2 N–H and O–H groups in total. The summed E-state index contributed by atoms with van der Waals surface area (Å²) in [7, 11) is 1.59. The Kier molecular flexibility index (Phi) is 3.78. The van der Waals surface area contributed by atoms with Gasteiger partial charge in [0.1, 0.15) is 5.75 Å². The van der Waals surface area contributed by atoms with Crippen molar-refractivity contribution in [3.63, 3.8) is 0 Å². The number of hydrogen-bond donors (Lipinski definition) is 2. The van der Waals surface area contributed by atoms with Crippen LogP contribution in [0.5, 0.6) is 5.75 Å². The molecule has 0 heterocycles. The van der Waals surface area contributed by atoms with E-state index in [9.17, 15) is 9.59 Å². The number of amides is 2. The van der Waals surface area contributed by atoms with Gasteiger partial charge in [-0.15, -0.1) is 0 Å². The number of benzene rings is 2. The molecule has 23 heavy (non-hydrogen) atoms. The molecule has 1 aliphatic rings. The van der Waals surface area contributed by atoms with Crippen LogP contribution in [0.4, 0.5) is 11.4 Å². The molecule has 0 saturated heterocycles. The molecule has 0 radical (unpaired) electrons. The molecule has 0 atom stereocenters. The number of ether oxygens (including phenoxy) is 1. The Hall–Kier alpha value is -2.82. The molecule has 5 heteroatoms. The number of methoxy groups -OCH3 is 1. The van der Waals surface area contributed by atoms with Crippen molar-refractivity contribution in [2.45, 2.75) is 20.3 Å². The summed E-state index contributed by atoms with van der Waals surface area (Å²) < 4.78 is 5.37. The van der Waals surface area contributed by atoms with E-state index in [2.05, 4.69) is 10.6 Å². The Bertz CT molecular complexity index is 812. The average Bonchev–Trinajstić information content (AvgIpc) is 2.81. The van der Waals surface area contributed by atoms with Crippen LogP contribution < -0.4 is 15.4 Å². The van der Waals surface area contributed by atoms with E-state index in [1.807, 2.05) is 30.3 Å². The highest BCUT2D eigenvalue weighted by Crippen LogP contribution is 2.42. The van der Waals surface area contributed by atoms with Crippen molar-refractivity contribution in [3.05, 3.63) is 41.5 Å². The molecule has 0 aliphatic heterocycles. The van der Waals surface area contributed by atoms with Crippen LogP contribution in [0.3, 0.4) is 0 Å². The molecule has 0 bridgehead atoms. The molecule has 5 nitrogen and oxygen atoms in total. The monoisotopic (exact) mass is 310 g/mol. The maximum Gasteiger partial charge on any atom is 0.221 e. The molecular formula is C18H18N2O3. The topological polar surface area (TPSA) is 67.4 Å². The number of carbonyl (C=O) groups is 2. The van der Waals surface area contributed by atoms with Crippen LogP contribution in [-0.2, 0) is 16.0 Å². The first-order valence-electron chi connectivity index (χ1n) is 7.37. The maximum absolute atomic E-state index is 11.4. The lowest BCUT2D eigenvalue weighted by atomic mass is 10.0. The molecule has 0 aromatic heterocycles. The van der Waals surface area contributed by atoms with E-state index in [0.717, 1.165) is 34.4 Å². The third kappa shape index (κ3) is 2.90. The van der Waals surface area contributed by atoms with Crippen LogP contribution in [-0.4, -0.2) is 18.9 Å². The number of anilines is 2. The number of carbonyl (C=O) groups excluding carboxylic acids is 2. The van der Waals surface area contributed by atoms with Crippen LogP contribution >= 0.6 is 0 Å². The summed E-state index contributed by atoms with van der Waals surface area (Å²) in [6.07, 6.45) is 0.773. The van der Waals surface area contributed by atoms with Gasteiger partial charge in [-0.1, -0.05) is 6.07 Å². The van der Waals surface area contributed by atoms with E-state index < -0.39 is 0 Å². The van der Waals surface area contributed by atoms with Crippen LogP contribution in [0.1, 0.15) is 25.0 Å². The van der Waals surface area contributed by atoms with Crippen molar-refractivity contribution in [1.82, 2.24) is 0 Å². The minimum atomic E-state index is -0.137. The summed E-state index contributed by atoms with van der Waals surface area (Å²) in [4.78, 5) is 22.6. The van der Waals surface area contributed by atoms with Crippen molar-refractivity contribution in [3.8, 4) is 16.9 Å². The summed E-state index contributed by atoms with van der Waals surface area (Å²) in [6, 6.07) is 9.77. The Balaban J connectivity index is 2.03. The molecule has 118 valence electrons. The molecule has 2 aromatic rings. The van der Waals surface area contributed by atoms with Gasteiger partial charge in [0.25, 0.3) is 0 Å². The molecule has 2 aromatic carbocycles. The number of fused-ring (bicyclic) bond motifs is 3. The molecule has 1 aliphatic carbocycles. The smallest absolute Gasteiger partial charge is 0.221 e. The van der Waals surface area contributed by atoms with Crippen molar-refractivity contribution >= 4 is 23.2 Å². The van der Waals surface area contributed by atoms with Gasteiger partial charge in [0.05, 0.1) is 12.8 Å². The highest BCUT2D eigenvalue weighted by Gasteiger charge is 2.22. The van der Waals surface area contributed by atoms with Gasteiger partial charge >= 0.3 is 0 Å². The zero-order valence-corrected chi connectivity index (χ0v) is 13.3. The van der Waals surface area contributed by atoms with Crippen molar-refractivity contribution in [1.29, 1.82) is 0 Å². The quantitative estimate of drug-likeness (QED) is 0.780. The maximum atomic E-state index is 11.4. The molecule has 0 unspecified atom stereocenters. The summed E-state index contributed by atoms with van der Waals surface area (Å²) in [5, 5.41) is 5.60. The summed E-state index contributed by atoms with van der Waals surface area (Å²) in [5.74, 6) is 0.423. The lowest BCUT2D eigenvalue weighted by molar-refractivity contribution is -0.115. The van der Waals surface area contributed by atoms with Gasteiger partial charge in [0, 0.05) is 19.5 Å². The zero-order valence-electron chi connectivity index (χ0n) is 13.3. The lowest BCUT2D eigenvalue weighted by Crippen LogP contribution is -2.07. The minimum absolute atomic E-state index is 0.0879. The van der Waals surface area contributed by atoms with Crippen LogP contribution in [0.2, 0.25) is 0 Å². The normalized spacial score (nSPS) is 11.4. The van der Waals surface area contributed by atoms with E-state index in [4.69, 9.17) is 4.74 Å². The van der Waals surface area contributed by atoms with E-state index in [0.29, 0.717) is 11.4 Å². The highest BCUT2D eigenvalue weighted by molar-refractivity contribution is 5.94. The lowest BCUT2D eigenvalue weighted by Gasteiger charge is -2.12. The molecule has 2 amide bonds.